The van der Waals surface area contributed by atoms with E-state index in [0.717, 1.165) is 18.5 Å². The van der Waals surface area contributed by atoms with Gasteiger partial charge in [0.05, 0.1) is 0 Å². The second-order valence-electron chi connectivity index (χ2n) is 5.57. The van der Waals surface area contributed by atoms with E-state index < -0.39 is 0 Å². The second kappa shape index (κ2) is 9.70. The first-order chi connectivity index (χ1) is 8.36. The molecule has 1 N–H and O–H groups in total. The van der Waals surface area contributed by atoms with Crippen molar-refractivity contribution in [3.05, 3.63) is 12.7 Å². The molecule has 0 heterocycles. The molecular weight excluding hydrogens is 206 g/mol. The second-order valence-corrected chi connectivity index (χ2v) is 5.57. The van der Waals surface area contributed by atoms with E-state index in [1.165, 1.54) is 64.2 Å². The molecule has 1 atom stereocenters. The minimum Gasteiger partial charge on any atom is -0.314 e. The average molecular weight is 237 g/mol. The summed E-state index contributed by atoms with van der Waals surface area (Å²) in [6.45, 7) is 7.14. The largest absolute Gasteiger partial charge is 0.314 e. The number of nitrogens with one attached hydrogen (secondary N) is 1. The fourth-order valence-electron chi connectivity index (χ4n) is 3.10. The van der Waals surface area contributed by atoms with Crippen LogP contribution >= 0.6 is 0 Å². The summed E-state index contributed by atoms with van der Waals surface area (Å²) < 4.78 is 0. The highest BCUT2D eigenvalue weighted by molar-refractivity contribution is 4.75. The van der Waals surface area contributed by atoms with E-state index in [4.69, 9.17) is 0 Å². The summed E-state index contributed by atoms with van der Waals surface area (Å²) in [4.78, 5) is 0. The summed E-state index contributed by atoms with van der Waals surface area (Å²) in [7, 11) is 0. The van der Waals surface area contributed by atoms with E-state index >= 15 is 0 Å². The normalized spacial score (nSPS) is 18.4. The van der Waals surface area contributed by atoms with Crippen molar-refractivity contribution < 1.29 is 0 Å². The molecule has 0 aromatic carbocycles. The van der Waals surface area contributed by atoms with Crippen LogP contribution in [0.25, 0.3) is 0 Å². The van der Waals surface area contributed by atoms with Crippen LogP contribution in [0.2, 0.25) is 0 Å². The third-order valence-corrected chi connectivity index (χ3v) is 4.05. The smallest absolute Gasteiger partial charge is 0.00695 e. The molecule has 1 unspecified atom stereocenters. The molecule has 1 heteroatoms. The van der Waals surface area contributed by atoms with Crippen molar-refractivity contribution in [1.82, 2.24) is 5.32 Å². The Balaban J connectivity index is 2.10. The highest BCUT2D eigenvalue weighted by Gasteiger charge is 2.19. The van der Waals surface area contributed by atoms with Gasteiger partial charge in [0.25, 0.3) is 0 Å². The van der Waals surface area contributed by atoms with E-state index in [1.54, 1.807) is 0 Å². The van der Waals surface area contributed by atoms with Gasteiger partial charge in [-0.3, -0.25) is 0 Å². The van der Waals surface area contributed by atoms with Crippen molar-refractivity contribution in [3.8, 4) is 0 Å². The third-order valence-electron chi connectivity index (χ3n) is 4.05. The van der Waals surface area contributed by atoms with Crippen LogP contribution in [0.15, 0.2) is 12.7 Å². The van der Waals surface area contributed by atoms with Gasteiger partial charge in [-0.1, -0.05) is 51.5 Å². The average Bonchev–Trinajstić information content (AvgIpc) is 2.82. The molecule has 1 rings (SSSR count). The van der Waals surface area contributed by atoms with Crippen LogP contribution in [0.1, 0.15) is 71.1 Å². The van der Waals surface area contributed by atoms with Crippen LogP contribution in [0.4, 0.5) is 0 Å². The van der Waals surface area contributed by atoms with Crippen molar-refractivity contribution in [2.45, 2.75) is 77.2 Å². The molecule has 100 valence electrons. The maximum Gasteiger partial charge on any atom is 0.00695 e. The van der Waals surface area contributed by atoms with Gasteiger partial charge < -0.3 is 5.32 Å². The molecule has 0 bridgehead atoms. The molecule has 1 fully saturated rings. The summed E-state index contributed by atoms with van der Waals surface area (Å²) in [5.41, 5.74) is 0. The molecule has 0 radical (unpaired) electrons. The van der Waals surface area contributed by atoms with Crippen molar-refractivity contribution in [3.63, 3.8) is 0 Å². The number of rotatable bonds is 10. The minimum absolute atomic E-state index is 0.784. The Morgan fingerprint density at radius 2 is 2.00 bits per heavy atom. The van der Waals surface area contributed by atoms with Gasteiger partial charge in [0.15, 0.2) is 0 Å². The Hall–Kier alpha value is -0.300. The molecule has 0 spiro atoms. The summed E-state index contributed by atoms with van der Waals surface area (Å²) in [5, 5.41) is 3.68. The Morgan fingerprint density at radius 3 is 2.65 bits per heavy atom. The van der Waals surface area contributed by atoms with Gasteiger partial charge >= 0.3 is 0 Å². The van der Waals surface area contributed by atoms with Crippen LogP contribution in [0.5, 0.6) is 0 Å². The predicted molar refractivity (Wildman–Crippen MR) is 77.3 cm³/mol. The molecule has 0 saturated heterocycles. The maximum absolute atomic E-state index is 3.78. The molecule has 17 heavy (non-hydrogen) atoms. The summed E-state index contributed by atoms with van der Waals surface area (Å²) in [5.74, 6) is 1.02. The minimum atomic E-state index is 0.784. The van der Waals surface area contributed by atoms with E-state index in [1.807, 2.05) is 6.08 Å². The van der Waals surface area contributed by atoms with Crippen molar-refractivity contribution in [1.29, 1.82) is 0 Å². The van der Waals surface area contributed by atoms with E-state index in [-0.39, 0.29) is 0 Å². The Labute approximate surface area is 108 Å². The van der Waals surface area contributed by atoms with Crippen molar-refractivity contribution in [2.24, 2.45) is 5.92 Å². The Kier molecular flexibility index (Phi) is 8.42. The molecule has 0 amide bonds. The van der Waals surface area contributed by atoms with E-state index in [9.17, 15) is 0 Å². The van der Waals surface area contributed by atoms with Crippen LogP contribution < -0.4 is 5.32 Å². The first-order valence-electron chi connectivity index (χ1n) is 7.71. The van der Waals surface area contributed by atoms with Gasteiger partial charge in [-0.25, -0.2) is 0 Å². The Bertz CT molecular complexity index is 182. The lowest BCUT2D eigenvalue weighted by Crippen LogP contribution is -2.30. The summed E-state index contributed by atoms with van der Waals surface area (Å²) in [6, 6.07) is 0.784. The van der Waals surface area contributed by atoms with Crippen LogP contribution in [-0.4, -0.2) is 12.6 Å². The molecule has 0 aromatic heterocycles. The predicted octanol–water partition coefficient (Wildman–Crippen LogP) is 4.68. The Morgan fingerprint density at radius 1 is 1.24 bits per heavy atom. The third kappa shape index (κ3) is 6.88. The molecule has 1 aliphatic rings. The quantitative estimate of drug-likeness (QED) is 0.429. The zero-order valence-corrected chi connectivity index (χ0v) is 11.7. The van der Waals surface area contributed by atoms with Gasteiger partial charge in [-0.05, 0) is 38.1 Å². The lowest BCUT2D eigenvalue weighted by molar-refractivity contribution is 0.366. The number of hydrogen-bond acceptors (Lipinski definition) is 1. The monoisotopic (exact) mass is 237 g/mol. The number of hydrogen-bond donors (Lipinski definition) is 1. The summed E-state index contributed by atoms with van der Waals surface area (Å²) in [6.07, 6.45) is 16.0. The van der Waals surface area contributed by atoms with Gasteiger partial charge in [0.1, 0.15) is 0 Å². The highest BCUT2D eigenvalue weighted by Crippen LogP contribution is 2.29. The highest BCUT2D eigenvalue weighted by atomic mass is 14.9. The van der Waals surface area contributed by atoms with Gasteiger partial charge in [-0.2, -0.15) is 0 Å². The van der Waals surface area contributed by atoms with Gasteiger partial charge in [0, 0.05) is 6.04 Å². The SMILES string of the molecule is C=CCCCCCC(CC1CCCC1)NCC. The van der Waals surface area contributed by atoms with E-state index in [2.05, 4.69) is 18.8 Å². The molecule has 0 aromatic rings. The lowest BCUT2D eigenvalue weighted by atomic mass is 9.94. The fourth-order valence-corrected chi connectivity index (χ4v) is 3.10. The first kappa shape index (κ1) is 14.8. The molecular formula is C16H31N. The number of unbranched alkanes of at least 4 members (excludes halogenated alkanes) is 3. The van der Waals surface area contributed by atoms with Crippen LogP contribution in [-0.2, 0) is 0 Å². The lowest BCUT2D eigenvalue weighted by Gasteiger charge is -2.21. The molecule has 1 saturated carbocycles. The maximum atomic E-state index is 3.78. The molecule has 1 aliphatic carbocycles. The van der Waals surface area contributed by atoms with Crippen LogP contribution in [0, 0.1) is 5.92 Å². The standard InChI is InChI=1S/C16H31N/c1-3-5-6-7-8-13-16(17-4-2)14-15-11-9-10-12-15/h3,15-17H,1,4-14H2,2H3. The van der Waals surface area contributed by atoms with Crippen molar-refractivity contribution >= 4 is 0 Å². The molecule has 0 aliphatic heterocycles. The number of allylic oxidation sites excluding steroid dienone is 1. The topological polar surface area (TPSA) is 12.0 Å². The van der Waals surface area contributed by atoms with Gasteiger partial charge in [0.2, 0.25) is 0 Å². The summed E-state index contributed by atoms with van der Waals surface area (Å²) >= 11 is 0. The zero-order chi connectivity index (χ0) is 12.3. The van der Waals surface area contributed by atoms with Crippen molar-refractivity contribution in [2.75, 3.05) is 6.54 Å². The molecule has 1 nitrogen and oxygen atoms in total. The zero-order valence-electron chi connectivity index (χ0n) is 11.7. The van der Waals surface area contributed by atoms with Gasteiger partial charge in [-0.15, -0.1) is 6.58 Å². The van der Waals surface area contributed by atoms with Crippen LogP contribution in [0.3, 0.4) is 0 Å². The fraction of sp³-hybridized carbons (Fsp3) is 0.875. The first-order valence-corrected chi connectivity index (χ1v) is 7.71. The van der Waals surface area contributed by atoms with E-state index in [0.29, 0.717) is 0 Å².